The van der Waals surface area contributed by atoms with Crippen molar-refractivity contribution < 1.29 is 28.9 Å². The van der Waals surface area contributed by atoms with Gasteiger partial charge < -0.3 is 19.3 Å². The monoisotopic (exact) mass is 611 g/mol. The highest BCUT2D eigenvalue weighted by Crippen LogP contribution is 2.39. The Hall–Kier alpha value is -2.27. The maximum atomic E-state index is 13.0. The molecule has 0 saturated heterocycles. The second-order valence-electron chi connectivity index (χ2n) is 7.24. The van der Waals surface area contributed by atoms with E-state index in [1.165, 1.54) is 7.11 Å². The zero-order valence-corrected chi connectivity index (χ0v) is 22.2. The van der Waals surface area contributed by atoms with E-state index in [-0.39, 0.29) is 24.5 Å². The standard InChI is InChI=1S/C24H23Br2NO6S/c1-31-20(9-10-32-21(28)13-34)23(17-11-15(25)12-18(26)22(17)29)33-24(30)27-19-8-4-6-14-5-2-3-7-16(14)19/h2-8,11-12,20,23,29,34H,9-10,13H2,1H3,(H,27,30)/t20-,23-/m1/s1. The lowest BCUT2D eigenvalue weighted by Crippen LogP contribution is -2.29. The van der Waals surface area contributed by atoms with E-state index in [1.807, 2.05) is 36.4 Å². The number of hydrogen-bond acceptors (Lipinski definition) is 7. The first kappa shape index (κ1) is 26.3. The average Bonchev–Trinajstić information content (AvgIpc) is 2.83. The van der Waals surface area contributed by atoms with Crippen LogP contribution in [0, 0.1) is 0 Å². The lowest BCUT2D eigenvalue weighted by atomic mass is 10.0. The van der Waals surface area contributed by atoms with Gasteiger partial charge in [0.2, 0.25) is 0 Å². The van der Waals surface area contributed by atoms with Crippen LogP contribution >= 0.6 is 44.5 Å². The molecule has 34 heavy (non-hydrogen) atoms. The number of anilines is 1. The van der Waals surface area contributed by atoms with E-state index >= 15 is 0 Å². The van der Waals surface area contributed by atoms with Gasteiger partial charge in [-0.2, -0.15) is 12.6 Å². The molecule has 0 saturated carbocycles. The Kier molecular flexibility index (Phi) is 9.63. The lowest BCUT2D eigenvalue weighted by Gasteiger charge is -2.27. The van der Waals surface area contributed by atoms with Crippen LogP contribution in [0.1, 0.15) is 18.1 Å². The molecule has 0 aromatic heterocycles. The van der Waals surface area contributed by atoms with E-state index < -0.39 is 24.3 Å². The lowest BCUT2D eigenvalue weighted by molar-refractivity contribution is -0.141. The molecule has 0 fully saturated rings. The number of rotatable bonds is 9. The number of ether oxygens (including phenoxy) is 3. The highest BCUT2D eigenvalue weighted by Gasteiger charge is 2.31. The predicted molar refractivity (Wildman–Crippen MR) is 141 cm³/mol. The summed E-state index contributed by atoms with van der Waals surface area (Å²) < 4.78 is 17.5. The van der Waals surface area contributed by atoms with E-state index in [0.29, 0.717) is 20.2 Å². The molecule has 7 nitrogen and oxygen atoms in total. The topological polar surface area (TPSA) is 94.1 Å². The quantitative estimate of drug-likeness (QED) is 0.196. The number of hydrogen-bond donors (Lipinski definition) is 3. The molecule has 0 spiro atoms. The van der Waals surface area contributed by atoms with Crippen molar-refractivity contribution in [3.63, 3.8) is 0 Å². The van der Waals surface area contributed by atoms with Crippen LogP contribution in [0.3, 0.4) is 0 Å². The number of amides is 1. The van der Waals surface area contributed by atoms with Gasteiger partial charge in [-0.25, -0.2) is 4.79 Å². The molecule has 2 N–H and O–H groups in total. The van der Waals surface area contributed by atoms with Crippen molar-refractivity contribution in [2.75, 3.05) is 24.8 Å². The molecule has 0 bridgehead atoms. The smallest absolute Gasteiger partial charge is 0.412 e. The van der Waals surface area contributed by atoms with Crippen LogP contribution in [-0.2, 0) is 19.0 Å². The summed E-state index contributed by atoms with van der Waals surface area (Å²) in [5.41, 5.74) is 0.903. The molecule has 0 aliphatic heterocycles. The molecule has 0 aliphatic carbocycles. The summed E-state index contributed by atoms with van der Waals surface area (Å²) in [5, 5.41) is 15.3. The Morgan fingerprint density at radius 2 is 1.85 bits per heavy atom. The number of benzene rings is 3. The summed E-state index contributed by atoms with van der Waals surface area (Å²) in [7, 11) is 1.45. The van der Waals surface area contributed by atoms with Crippen molar-refractivity contribution in [2.45, 2.75) is 18.6 Å². The third-order valence-corrected chi connectivity index (χ3v) is 6.38. The maximum absolute atomic E-state index is 13.0. The number of fused-ring (bicyclic) bond motifs is 1. The molecular formula is C24H23Br2NO6S. The van der Waals surface area contributed by atoms with Gasteiger partial charge in [-0.3, -0.25) is 10.1 Å². The minimum atomic E-state index is -1.01. The fraction of sp³-hybridized carbons (Fsp3) is 0.250. The van der Waals surface area contributed by atoms with E-state index in [1.54, 1.807) is 18.2 Å². The summed E-state index contributed by atoms with van der Waals surface area (Å²) >= 11 is 10.6. The number of nitrogens with one attached hydrogen (secondary N) is 1. The number of phenolic OH excluding ortho intramolecular Hbond substituents is 1. The van der Waals surface area contributed by atoms with Crippen molar-refractivity contribution >= 4 is 73.0 Å². The van der Waals surface area contributed by atoms with Crippen LogP contribution in [0.5, 0.6) is 5.75 Å². The van der Waals surface area contributed by atoms with Crippen molar-refractivity contribution in [2.24, 2.45) is 0 Å². The summed E-state index contributed by atoms with van der Waals surface area (Å²) in [4.78, 5) is 24.4. The molecule has 0 heterocycles. The molecule has 3 aromatic carbocycles. The highest BCUT2D eigenvalue weighted by molar-refractivity contribution is 9.11. The Labute approximate surface area is 219 Å². The second kappa shape index (κ2) is 12.4. The number of carbonyl (C=O) groups excluding carboxylic acids is 2. The Morgan fingerprint density at radius 3 is 2.59 bits per heavy atom. The summed E-state index contributed by atoms with van der Waals surface area (Å²) in [5.74, 6) is -0.623. The van der Waals surface area contributed by atoms with Crippen molar-refractivity contribution in [3.8, 4) is 5.75 Å². The minimum absolute atomic E-state index is 0.0264. The van der Waals surface area contributed by atoms with Gasteiger partial charge in [-0.05, 0) is 39.5 Å². The summed E-state index contributed by atoms with van der Waals surface area (Å²) in [6, 6.07) is 16.5. The average molecular weight is 613 g/mol. The number of halogens is 2. The van der Waals surface area contributed by atoms with Crippen molar-refractivity contribution in [1.29, 1.82) is 0 Å². The fourth-order valence-corrected chi connectivity index (χ4v) is 4.81. The van der Waals surface area contributed by atoms with Gasteiger partial charge in [0.25, 0.3) is 0 Å². The van der Waals surface area contributed by atoms with Gasteiger partial charge in [-0.1, -0.05) is 52.3 Å². The molecule has 10 heteroatoms. The normalized spacial score (nSPS) is 12.7. The van der Waals surface area contributed by atoms with Gasteiger partial charge >= 0.3 is 12.1 Å². The number of methoxy groups -OCH3 is 1. The van der Waals surface area contributed by atoms with Gasteiger partial charge in [0.1, 0.15) is 11.9 Å². The van der Waals surface area contributed by atoms with Gasteiger partial charge in [0.05, 0.1) is 22.5 Å². The van der Waals surface area contributed by atoms with Crippen LogP contribution in [0.4, 0.5) is 10.5 Å². The number of esters is 1. The van der Waals surface area contributed by atoms with Crippen molar-refractivity contribution in [3.05, 3.63) is 69.1 Å². The zero-order chi connectivity index (χ0) is 24.7. The largest absolute Gasteiger partial charge is 0.506 e. The van der Waals surface area contributed by atoms with Crippen LogP contribution < -0.4 is 5.32 Å². The molecule has 1 amide bonds. The van der Waals surface area contributed by atoms with Crippen LogP contribution in [0.15, 0.2) is 63.5 Å². The molecule has 3 aromatic rings. The van der Waals surface area contributed by atoms with E-state index in [9.17, 15) is 14.7 Å². The Morgan fingerprint density at radius 1 is 1.12 bits per heavy atom. The third kappa shape index (κ3) is 6.65. The zero-order valence-electron chi connectivity index (χ0n) is 18.2. The predicted octanol–water partition coefficient (Wildman–Crippen LogP) is 6.24. The first-order valence-electron chi connectivity index (χ1n) is 10.3. The van der Waals surface area contributed by atoms with Crippen LogP contribution in [-0.4, -0.2) is 42.7 Å². The highest BCUT2D eigenvalue weighted by atomic mass is 79.9. The first-order chi connectivity index (χ1) is 16.3. The number of carbonyl (C=O) groups is 2. The fourth-order valence-electron chi connectivity index (χ4n) is 3.46. The molecule has 0 radical (unpaired) electrons. The van der Waals surface area contributed by atoms with Gasteiger partial charge in [-0.15, -0.1) is 0 Å². The third-order valence-electron chi connectivity index (χ3n) is 5.06. The SMILES string of the molecule is CO[C@H](CCOC(=O)CS)[C@H](OC(=O)Nc1cccc2ccccc12)c1cc(Br)cc(Br)c1O. The van der Waals surface area contributed by atoms with Gasteiger partial charge in [0, 0.05) is 29.0 Å². The molecule has 2 atom stereocenters. The van der Waals surface area contributed by atoms with E-state index in [4.69, 9.17) is 14.2 Å². The van der Waals surface area contributed by atoms with Crippen molar-refractivity contribution in [1.82, 2.24) is 0 Å². The minimum Gasteiger partial charge on any atom is -0.506 e. The summed E-state index contributed by atoms with van der Waals surface area (Å²) in [6.45, 7) is 0.0264. The number of aromatic hydroxyl groups is 1. The second-order valence-corrected chi connectivity index (χ2v) is 9.33. The van der Waals surface area contributed by atoms with E-state index in [2.05, 4.69) is 49.8 Å². The molecule has 0 aliphatic rings. The molecule has 0 unspecified atom stereocenters. The van der Waals surface area contributed by atoms with Crippen LogP contribution in [0.25, 0.3) is 10.8 Å². The number of phenols is 1. The Balaban J connectivity index is 1.88. The molecule has 3 rings (SSSR count). The van der Waals surface area contributed by atoms with Crippen LogP contribution in [0.2, 0.25) is 0 Å². The van der Waals surface area contributed by atoms with E-state index in [0.717, 1.165) is 10.8 Å². The molecule has 180 valence electrons. The van der Waals surface area contributed by atoms with Gasteiger partial charge in [0.15, 0.2) is 6.10 Å². The number of thiol groups is 1. The Bertz CT molecular complexity index is 1170. The maximum Gasteiger partial charge on any atom is 0.412 e. The first-order valence-corrected chi connectivity index (χ1v) is 12.5. The summed E-state index contributed by atoms with van der Waals surface area (Å²) in [6.07, 6.45) is -2.25. The molecular weight excluding hydrogens is 590 g/mol.